The van der Waals surface area contributed by atoms with Crippen molar-refractivity contribution in [2.45, 2.75) is 58.8 Å². The maximum Gasteiger partial charge on any atom is 0.333 e. The van der Waals surface area contributed by atoms with Crippen LogP contribution in [-0.4, -0.2) is 44.3 Å². The maximum absolute atomic E-state index is 13.4. The van der Waals surface area contributed by atoms with Gasteiger partial charge in [-0.3, -0.25) is 9.59 Å². The lowest BCUT2D eigenvalue weighted by Gasteiger charge is -2.09. The summed E-state index contributed by atoms with van der Waals surface area (Å²) < 4.78 is 13.5. The summed E-state index contributed by atoms with van der Waals surface area (Å²) in [7, 11) is 0. The number of esters is 2. The Bertz CT molecular complexity index is 1670. The Hall–Kier alpha value is -4.91. The molecule has 0 unspecified atom stereocenters. The second-order valence-corrected chi connectivity index (χ2v) is 10.2. The third-order valence-electron chi connectivity index (χ3n) is 6.90. The van der Waals surface area contributed by atoms with E-state index in [2.05, 4.69) is 22.7 Å². The molecule has 1 N–H and O–H groups in total. The smallest absolute Gasteiger partial charge is 0.333 e. The van der Waals surface area contributed by atoms with E-state index in [1.54, 1.807) is 30.1 Å². The Morgan fingerprint density at radius 2 is 1.81 bits per heavy atom. The lowest BCUT2D eigenvalue weighted by atomic mass is 9.99. The lowest BCUT2D eigenvalue weighted by Crippen LogP contribution is -2.18. The molecule has 218 valence electrons. The third kappa shape index (κ3) is 7.04. The third-order valence-corrected chi connectivity index (χ3v) is 6.90. The Balaban J connectivity index is 1.38. The number of nitrogens with one attached hydrogen (secondary N) is 1. The van der Waals surface area contributed by atoms with Gasteiger partial charge < -0.3 is 14.5 Å². The number of ether oxygens (including phenoxy) is 2. The number of H-pyrrole nitrogens is 1. The summed E-state index contributed by atoms with van der Waals surface area (Å²) in [5.41, 5.74) is 3.89. The number of carbonyl (C=O) groups is 2. The molecular weight excluding hydrogens is 534 g/mol. The van der Waals surface area contributed by atoms with E-state index in [4.69, 9.17) is 9.47 Å². The zero-order chi connectivity index (χ0) is 30.1. The number of aromatic amines is 1. The van der Waals surface area contributed by atoms with Crippen molar-refractivity contribution in [2.24, 2.45) is 0 Å². The molecule has 0 saturated heterocycles. The molecular formula is C32H35N5O5. The summed E-state index contributed by atoms with van der Waals surface area (Å²) in [6, 6.07) is 13.3. The Labute approximate surface area is 244 Å². The van der Waals surface area contributed by atoms with Crippen molar-refractivity contribution in [3.63, 3.8) is 0 Å². The van der Waals surface area contributed by atoms with E-state index >= 15 is 0 Å². The molecule has 10 nitrogen and oxygen atoms in total. The highest BCUT2D eigenvalue weighted by Gasteiger charge is 2.25. The van der Waals surface area contributed by atoms with Crippen LogP contribution in [0.4, 0.5) is 0 Å². The van der Waals surface area contributed by atoms with Gasteiger partial charge in [0.25, 0.3) is 5.56 Å². The molecule has 0 aliphatic rings. The second kappa shape index (κ2) is 14.1. The van der Waals surface area contributed by atoms with Gasteiger partial charge >= 0.3 is 11.9 Å². The van der Waals surface area contributed by atoms with Crippen LogP contribution in [0.15, 0.2) is 65.7 Å². The Morgan fingerprint density at radius 3 is 2.48 bits per heavy atom. The Morgan fingerprint density at radius 1 is 1.07 bits per heavy atom. The minimum Gasteiger partial charge on any atom is -0.466 e. The summed E-state index contributed by atoms with van der Waals surface area (Å²) in [5, 5.41) is 14.6. The summed E-state index contributed by atoms with van der Waals surface area (Å²) in [4.78, 5) is 40.3. The number of hydrogen-bond donors (Lipinski definition) is 1. The number of hydrogen-bond acceptors (Lipinski definition) is 7. The number of unbranched alkanes of at least 4 members (excludes halogenated alkanes) is 3. The lowest BCUT2D eigenvalue weighted by molar-refractivity contribution is -0.144. The van der Waals surface area contributed by atoms with E-state index < -0.39 is 0 Å². The molecule has 3 aromatic heterocycles. The highest BCUT2D eigenvalue weighted by Crippen LogP contribution is 2.35. The molecule has 0 aliphatic heterocycles. The van der Waals surface area contributed by atoms with Crippen molar-refractivity contribution in [3.8, 4) is 23.0 Å². The van der Waals surface area contributed by atoms with E-state index in [-0.39, 0.29) is 23.9 Å². The van der Waals surface area contributed by atoms with Gasteiger partial charge in [0.15, 0.2) is 5.82 Å². The van der Waals surface area contributed by atoms with Crippen LogP contribution in [0.5, 0.6) is 0 Å². The highest BCUT2D eigenvalue weighted by atomic mass is 16.5. The normalized spacial score (nSPS) is 10.9. The van der Waals surface area contributed by atoms with Crippen LogP contribution < -0.4 is 5.56 Å². The van der Waals surface area contributed by atoms with Crippen LogP contribution >= 0.6 is 0 Å². The molecule has 42 heavy (non-hydrogen) atoms. The van der Waals surface area contributed by atoms with Crippen LogP contribution in [0.2, 0.25) is 0 Å². The van der Waals surface area contributed by atoms with Crippen molar-refractivity contribution in [1.82, 2.24) is 19.2 Å². The molecule has 0 fully saturated rings. The molecule has 0 bridgehead atoms. The van der Waals surface area contributed by atoms with Gasteiger partial charge in [0.05, 0.1) is 13.2 Å². The van der Waals surface area contributed by atoms with Gasteiger partial charge in [0.1, 0.15) is 17.3 Å². The standard InChI is InChI=1S/C32H35N5O5/c1-22(2)32(40)42-19-9-5-4-8-18-41-28(39)15-10-13-24-20-27(38)37-30(35-24)26(21-33)29(25-14-7-6-12-23(25)3)31(37)36-17-11-16-34-36/h6-7,11-12,14,16-17,20,35H,1,4-5,8-10,13,15,18-19H2,2-3H3. The number of nitrogens with zero attached hydrogens (tertiary/aromatic N) is 4. The average Bonchev–Trinajstić information content (AvgIpc) is 3.61. The molecule has 0 amide bonds. The van der Waals surface area contributed by atoms with Crippen molar-refractivity contribution in [3.05, 3.63) is 88.1 Å². The molecule has 0 aliphatic carbocycles. The number of carbonyl (C=O) groups excluding carboxylic acids is 2. The maximum atomic E-state index is 13.4. The van der Waals surface area contributed by atoms with Gasteiger partial charge in [0.2, 0.25) is 0 Å². The van der Waals surface area contributed by atoms with Gasteiger partial charge in [-0.2, -0.15) is 10.4 Å². The van der Waals surface area contributed by atoms with E-state index in [0.717, 1.165) is 36.8 Å². The van der Waals surface area contributed by atoms with Crippen molar-refractivity contribution in [1.29, 1.82) is 5.26 Å². The van der Waals surface area contributed by atoms with E-state index in [9.17, 15) is 19.6 Å². The number of aryl methyl sites for hydroxylation is 2. The first-order chi connectivity index (χ1) is 20.3. The minimum atomic E-state index is -0.377. The molecule has 1 aromatic carbocycles. The van der Waals surface area contributed by atoms with Gasteiger partial charge in [-0.1, -0.05) is 30.8 Å². The van der Waals surface area contributed by atoms with Crippen LogP contribution in [0.3, 0.4) is 0 Å². The van der Waals surface area contributed by atoms with Gasteiger partial charge in [-0.25, -0.2) is 13.9 Å². The second-order valence-electron chi connectivity index (χ2n) is 10.2. The van der Waals surface area contributed by atoms with Crippen molar-refractivity contribution >= 4 is 17.6 Å². The first-order valence-corrected chi connectivity index (χ1v) is 14.1. The number of aromatic nitrogens is 4. The monoisotopic (exact) mass is 569 g/mol. The first kappa shape index (κ1) is 30.1. The van der Waals surface area contributed by atoms with Crippen LogP contribution in [0, 0.1) is 18.3 Å². The molecule has 10 heteroatoms. The average molecular weight is 570 g/mol. The molecule has 4 aromatic rings. The van der Waals surface area contributed by atoms with E-state index in [1.165, 1.54) is 10.5 Å². The molecule has 3 heterocycles. The zero-order valence-corrected chi connectivity index (χ0v) is 24.0. The van der Waals surface area contributed by atoms with Gasteiger partial charge in [-0.15, -0.1) is 0 Å². The molecule has 4 rings (SSSR count). The largest absolute Gasteiger partial charge is 0.466 e. The summed E-state index contributed by atoms with van der Waals surface area (Å²) in [5.74, 6) is -0.180. The fourth-order valence-electron chi connectivity index (χ4n) is 4.78. The van der Waals surface area contributed by atoms with Gasteiger partial charge in [0, 0.05) is 41.7 Å². The Kier molecular flexibility index (Phi) is 10.1. The number of benzene rings is 1. The summed E-state index contributed by atoms with van der Waals surface area (Å²) in [6.07, 6.45) is 7.72. The predicted octanol–water partition coefficient (Wildman–Crippen LogP) is 5.21. The summed E-state index contributed by atoms with van der Waals surface area (Å²) in [6.45, 7) is 7.81. The number of fused-ring (bicyclic) bond motifs is 1. The fraction of sp³-hybridized carbons (Fsp3) is 0.344. The van der Waals surface area contributed by atoms with Crippen LogP contribution in [0.25, 0.3) is 22.6 Å². The topological polar surface area (TPSA) is 131 Å². The van der Waals surface area contributed by atoms with Gasteiger partial charge in [-0.05, 0) is 69.6 Å². The predicted molar refractivity (Wildman–Crippen MR) is 158 cm³/mol. The zero-order valence-electron chi connectivity index (χ0n) is 24.0. The first-order valence-electron chi connectivity index (χ1n) is 14.1. The van der Waals surface area contributed by atoms with E-state index in [1.807, 2.05) is 31.2 Å². The number of rotatable bonds is 14. The highest BCUT2D eigenvalue weighted by molar-refractivity contribution is 5.87. The molecule has 0 spiro atoms. The molecule has 0 atom stereocenters. The summed E-state index contributed by atoms with van der Waals surface area (Å²) >= 11 is 0. The molecule has 0 radical (unpaired) electrons. The molecule has 0 saturated carbocycles. The quantitative estimate of drug-likeness (QED) is 0.125. The van der Waals surface area contributed by atoms with Crippen LogP contribution in [0.1, 0.15) is 62.3 Å². The van der Waals surface area contributed by atoms with Crippen LogP contribution in [-0.2, 0) is 25.5 Å². The number of nitriles is 1. The van der Waals surface area contributed by atoms with Crippen molar-refractivity contribution in [2.75, 3.05) is 13.2 Å². The fourth-order valence-corrected chi connectivity index (χ4v) is 4.78. The van der Waals surface area contributed by atoms with Crippen molar-refractivity contribution < 1.29 is 19.1 Å². The van der Waals surface area contributed by atoms with E-state index in [0.29, 0.717) is 59.9 Å². The SMILES string of the molecule is C=C(C)C(=O)OCCCCCCOC(=O)CCCc1cc(=O)n2c(-n3cccn3)c(-c3ccccc3C)c(C#N)c2[nH]1. The minimum absolute atomic E-state index is 0.211.